The van der Waals surface area contributed by atoms with Crippen molar-refractivity contribution in [3.63, 3.8) is 0 Å². The Morgan fingerprint density at radius 2 is 2.04 bits per heavy atom. The zero-order chi connectivity index (χ0) is 18.9. The van der Waals surface area contributed by atoms with Crippen LogP contribution >= 0.6 is 0 Å². The van der Waals surface area contributed by atoms with Crippen molar-refractivity contribution in [2.24, 2.45) is 22.7 Å². The van der Waals surface area contributed by atoms with Gasteiger partial charge in [-0.2, -0.15) is 0 Å². The first kappa shape index (κ1) is 18.8. The summed E-state index contributed by atoms with van der Waals surface area (Å²) in [7, 11) is -2.83. The van der Waals surface area contributed by atoms with Gasteiger partial charge in [0.1, 0.15) is 0 Å². The lowest BCUT2D eigenvalue weighted by molar-refractivity contribution is 0.386. The fourth-order valence-electron chi connectivity index (χ4n) is 4.98. The van der Waals surface area contributed by atoms with Crippen molar-refractivity contribution in [2.75, 3.05) is 18.1 Å². The van der Waals surface area contributed by atoms with Gasteiger partial charge in [-0.05, 0) is 61.5 Å². The molecule has 4 unspecified atom stereocenters. The van der Waals surface area contributed by atoms with E-state index in [0.29, 0.717) is 30.6 Å². The molecule has 0 radical (unpaired) electrons. The SMILES string of the molecule is Cc1ccccc1CN=C(NCC1CCS(=O)(=O)C1)NC1CC2CCC1C2. The maximum atomic E-state index is 11.7. The second-order valence-corrected chi connectivity index (χ2v) is 10.9. The average molecular weight is 390 g/mol. The number of sulfone groups is 1. The van der Waals surface area contributed by atoms with Crippen molar-refractivity contribution >= 4 is 15.8 Å². The summed E-state index contributed by atoms with van der Waals surface area (Å²) < 4.78 is 23.5. The third-order valence-corrected chi connectivity index (χ3v) is 8.45. The molecule has 1 saturated heterocycles. The van der Waals surface area contributed by atoms with Crippen molar-refractivity contribution < 1.29 is 8.42 Å². The molecule has 5 nitrogen and oxygen atoms in total. The van der Waals surface area contributed by atoms with Crippen LogP contribution in [-0.2, 0) is 16.4 Å². The van der Waals surface area contributed by atoms with Gasteiger partial charge >= 0.3 is 0 Å². The molecule has 3 aliphatic rings. The lowest BCUT2D eigenvalue weighted by Crippen LogP contribution is -2.47. The van der Waals surface area contributed by atoms with E-state index in [1.165, 1.54) is 36.8 Å². The lowest BCUT2D eigenvalue weighted by Gasteiger charge is -2.26. The molecule has 2 bridgehead atoms. The number of hydrogen-bond donors (Lipinski definition) is 2. The van der Waals surface area contributed by atoms with Crippen LogP contribution < -0.4 is 10.6 Å². The lowest BCUT2D eigenvalue weighted by atomic mass is 9.95. The van der Waals surface area contributed by atoms with E-state index in [1.54, 1.807) is 0 Å². The maximum Gasteiger partial charge on any atom is 0.191 e. The zero-order valence-electron chi connectivity index (χ0n) is 16.2. The summed E-state index contributed by atoms with van der Waals surface area (Å²) in [6, 6.07) is 8.86. The highest BCUT2D eigenvalue weighted by molar-refractivity contribution is 7.91. The van der Waals surface area contributed by atoms with Gasteiger partial charge in [-0.15, -0.1) is 0 Å². The van der Waals surface area contributed by atoms with E-state index in [9.17, 15) is 8.42 Å². The third kappa shape index (κ3) is 4.65. The molecule has 1 heterocycles. The van der Waals surface area contributed by atoms with E-state index in [1.807, 2.05) is 0 Å². The second-order valence-electron chi connectivity index (χ2n) is 8.67. The second kappa shape index (κ2) is 7.82. The van der Waals surface area contributed by atoms with Crippen LogP contribution in [0.25, 0.3) is 0 Å². The number of benzene rings is 1. The monoisotopic (exact) mass is 389 g/mol. The minimum absolute atomic E-state index is 0.195. The van der Waals surface area contributed by atoms with Gasteiger partial charge in [-0.3, -0.25) is 0 Å². The number of nitrogens with one attached hydrogen (secondary N) is 2. The van der Waals surface area contributed by atoms with Crippen LogP contribution in [0.1, 0.15) is 43.2 Å². The van der Waals surface area contributed by atoms with Crippen LogP contribution in [0.15, 0.2) is 29.3 Å². The molecular formula is C21H31N3O2S. The summed E-state index contributed by atoms with van der Waals surface area (Å²) in [6.45, 7) is 3.44. The molecule has 0 aromatic heterocycles. The van der Waals surface area contributed by atoms with E-state index in [0.717, 1.165) is 24.2 Å². The summed E-state index contributed by atoms with van der Waals surface area (Å²) in [5.41, 5.74) is 2.48. The van der Waals surface area contributed by atoms with Gasteiger partial charge in [0.05, 0.1) is 18.1 Å². The predicted molar refractivity (Wildman–Crippen MR) is 109 cm³/mol. The highest BCUT2D eigenvalue weighted by atomic mass is 32.2. The molecule has 2 saturated carbocycles. The molecule has 2 aliphatic carbocycles. The van der Waals surface area contributed by atoms with Crippen LogP contribution in [-0.4, -0.2) is 38.5 Å². The van der Waals surface area contributed by atoms with Gasteiger partial charge in [0.2, 0.25) is 0 Å². The number of fused-ring (bicyclic) bond motifs is 2. The predicted octanol–water partition coefficient (Wildman–Crippen LogP) is 2.65. The molecule has 2 N–H and O–H groups in total. The summed E-state index contributed by atoms with van der Waals surface area (Å²) in [5, 5.41) is 7.12. The Bertz CT molecular complexity index is 805. The highest BCUT2D eigenvalue weighted by Gasteiger charge is 2.40. The van der Waals surface area contributed by atoms with Gasteiger partial charge in [-0.1, -0.05) is 30.7 Å². The third-order valence-electron chi connectivity index (χ3n) is 6.61. The van der Waals surface area contributed by atoms with Crippen LogP contribution in [0.2, 0.25) is 0 Å². The molecule has 27 heavy (non-hydrogen) atoms. The topological polar surface area (TPSA) is 70.6 Å². The Labute approximate surface area is 163 Å². The van der Waals surface area contributed by atoms with Crippen LogP contribution in [0.3, 0.4) is 0 Å². The normalized spacial score (nSPS) is 32.0. The Morgan fingerprint density at radius 3 is 2.70 bits per heavy atom. The maximum absolute atomic E-state index is 11.7. The van der Waals surface area contributed by atoms with Crippen molar-refractivity contribution in [3.8, 4) is 0 Å². The fourth-order valence-corrected chi connectivity index (χ4v) is 6.84. The average Bonchev–Trinajstić information content (AvgIpc) is 3.34. The minimum Gasteiger partial charge on any atom is -0.356 e. The Morgan fingerprint density at radius 1 is 1.19 bits per heavy atom. The first-order chi connectivity index (χ1) is 13.0. The molecule has 3 fully saturated rings. The molecule has 4 atom stereocenters. The molecule has 1 aromatic carbocycles. The fraction of sp³-hybridized carbons (Fsp3) is 0.667. The number of guanidine groups is 1. The molecule has 148 valence electrons. The Kier molecular flexibility index (Phi) is 5.44. The van der Waals surface area contributed by atoms with Crippen molar-refractivity contribution in [1.82, 2.24) is 10.6 Å². The largest absolute Gasteiger partial charge is 0.356 e. The number of hydrogen-bond acceptors (Lipinski definition) is 3. The van der Waals surface area contributed by atoms with E-state index in [2.05, 4.69) is 41.8 Å². The first-order valence-corrected chi connectivity index (χ1v) is 12.1. The minimum atomic E-state index is -2.83. The quantitative estimate of drug-likeness (QED) is 0.600. The van der Waals surface area contributed by atoms with Gasteiger partial charge in [-0.25, -0.2) is 13.4 Å². The summed E-state index contributed by atoms with van der Waals surface area (Å²) in [5.74, 6) is 3.33. The van der Waals surface area contributed by atoms with Crippen molar-refractivity contribution in [2.45, 2.75) is 51.6 Å². The zero-order valence-corrected chi connectivity index (χ0v) is 17.0. The van der Waals surface area contributed by atoms with Crippen LogP contribution in [0.5, 0.6) is 0 Å². The standard InChI is InChI=1S/C21H31N3O2S/c1-15-4-2-3-5-19(15)13-23-21(22-12-17-8-9-27(25,26)14-17)24-20-11-16-6-7-18(20)10-16/h2-5,16-18,20H,6-14H2,1H3,(H2,22,23,24). The number of aryl methyl sites for hydroxylation is 1. The summed E-state index contributed by atoms with van der Waals surface area (Å²) in [6.07, 6.45) is 6.06. The number of nitrogens with zero attached hydrogens (tertiary/aromatic N) is 1. The van der Waals surface area contributed by atoms with E-state index < -0.39 is 9.84 Å². The number of rotatable bonds is 5. The Balaban J connectivity index is 1.41. The van der Waals surface area contributed by atoms with Crippen molar-refractivity contribution in [1.29, 1.82) is 0 Å². The molecular weight excluding hydrogens is 358 g/mol. The van der Waals surface area contributed by atoms with Gasteiger partial charge < -0.3 is 10.6 Å². The Hall–Kier alpha value is -1.56. The summed E-state index contributed by atoms with van der Waals surface area (Å²) >= 11 is 0. The highest BCUT2D eigenvalue weighted by Crippen LogP contribution is 2.44. The number of aliphatic imine (C=N–C) groups is 1. The van der Waals surface area contributed by atoms with Crippen molar-refractivity contribution in [3.05, 3.63) is 35.4 Å². The van der Waals surface area contributed by atoms with E-state index in [4.69, 9.17) is 4.99 Å². The smallest absolute Gasteiger partial charge is 0.191 e. The van der Waals surface area contributed by atoms with E-state index >= 15 is 0 Å². The molecule has 1 aliphatic heterocycles. The summed E-state index contributed by atoms with van der Waals surface area (Å²) in [4.78, 5) is 4.84. The molecule has 0 amide bonds. The first-order valence-electron chi connectivity index (χ1n) is 10.3. The van der Waals surface area contributed by atoms with Crippen LogP contribution in [0, 0.1) is 24.7 Å². The van der Waals surface area contributed by atoms with Gasteiger partial charge in [0, 0.05) is 12.6 Å². The molecule has 1 aromatic rings. The molecule has 4 rings (SSSR count). The molecule has 6 heteroatoms. The van der Waals surface area contributed by atoms with Gasteiger partial charge in [0.15, 0.2) is 15.8 Å². The molecule has 0 spiro atoms. The van der Waals surface area contributed by atoms with Crippen LogP contribution in [0.4, 0.5) is 0 Å². The van der Waals surface area contributed by atoms with E-state index in [-0.39, 0.29) is 5.92 Å². The van der Waals surface area contributed by atoms with Gasteiger partial charge in [0.25, 0.3) is 0 Å².